The lowest BCUT2D eigenvalue weighted by Crippen LogP contribution is -2.46. The number of halogens is 2. The molecule has 124 valence electrons. The lowest BCUT2D eigenvalue weighted by atomic mass is 9.68. The molecular formula is C17H26Cl2N2O. The topological polar surface area (TPSA) is 55.1 Å². The summed E-state index contributed by atoms with van der Waals surface area (Å²) in [5, 5.41) is 3.83. The number of carbonyl (C=O) groups is 1. The number of benzene rings is 1. The standard InChI is InChI=1S/C17H25ClN2O.ClH/c18-15-8-6-14(7-9-15)17(10-2-1-3-11-17)16(21)20-13-5-4-12-19;/h6-9H,1-5,10-13,19H2,(H,20,21);1H. The Morgan fingerprint density at radius 2 is 1.77 bits per heavy atom. The van der Waals surface area contributed by atoms with Crippen LogP contribution in [0.25, 0.3) is 0 Å². The summed E-state index contributed by atoms with van der Waals surface area (Å²) < 4.78 is 0. The van der Waals surface area contributed by atoms with Gasteiger partial charge in [0.25, 0.3) is 0 Å². The Morgan fingerprint density at radius 1 is 1.14 bits per heavy atom. The zero-order valence-electron chi connectivity index (χ0n) is 12.9. The molecule has 1 aromatic carbocycles. The Morgan fingerprint density at radius 3 is 2.36 bits per heavy atom. The van der Waals surface area contributed by atoms with E-state index < -0.39 is 0 Å². The highest BCUT2D eigenvalue weighted by Gasteiger charge is 2.40. The van der Waals surface area contributed by atoms with Gasteiger partial charge < -0.3 is 11.1 Å². The van der Waals surface area contributed by atoms with E-state index in [9.17, 15) is 4.79 Å². The normalized spacial score (nSPS) is 16.6. The molecule has 0 radical (unpaired) electrons. The molecule has 0 spiro atoms. The molecule has 0 unspecified atom stereocenters. The second-order valence-corrected chi connectivity index (χ2v) is 6.34. The molecule has 0 heterocycles. The third kappa shape index (κ3) is 4.61. The number of unbranched alkanes of at least 4 members (excludes halogenated alkanes) is 1. The minimum atomic E-state index is -0.369. The van der Waals surface area contributed by atoms with Crippen molar-refractivity contribution in [2.45, 2.75) is 50.4 Å². The zero-order valence-corrected chi connectivity index (χ0v) is 14.5. The van der Waals surface area contributed by atoms with Gasteiger partial charge in [-0.2, -0.15) is 0 Å². The van der Waals surface area contributed by atoms with E-state index in [4.69, 9.17) is 17.3 Å². The first-order valence-corrected chi connectivity index (χ1v) is 8.31. The number of nitrogens with two attached hydrogens (primary N) is 1. The molecule has 0 bridgehead atoms. The molecule has 2 rings (SSSR count). The van der Waals surface area contributed by atoms with E-state index in [0.29, 0.717) is 18.1 Å². The van der Waals surface area contributed by atoms with Gasteiger partial charge >= 0.3 is 0 Å². The molecule has 1 aromatic rings. The first-order chi connectivity index (χ1) is 10.2. The van der Waals surface area contributed by atoms with Crippen molar-refractivity contribution >= 4 is 29.9 Å². The van der Waals surface area contributed by atoms with Crippen molar-refractivity contribution < 1.29 is 4.79 Å². The number of nitrogens with one attached hydrogen (secondary N) is 1. The predicted octanol–water partition coefficient (Wildman–Crippen LogP) is 3.82. The number of hydrogen-bond acceptors (Lipinski definition) is 2. The number of rotatable bonds is 6. The molecule has 3 N–H and O–H groups in total. The maximum Gasteiger partial charge on any atom is 0.230 e. The van der Waals surface area contributed by atoms with E-state index >= 15 is 0 Å². The molecular weight excluding hydrogens is 319 g/mol. The second kappa shape index (κ2) is 9.39. The lowest BCUT2D eigenvalue weighted by molar-refractivity contribution is -0.128. The number of amides is 1. The maximum absolute atomic E-state index is 12.8. The van der Waals surface area contributed by atoms with Crippen molar-refractivity contribution in [3.05, 3.63) is 34.9 Å². The predicted molar refractivity (Wildman–Crippen MR) is 94.8 cm³/mol. The van der Waals surface area contributed by atoms with Gasteiger partial charge in [0.15, 0.2) is 0 Å². The van der Waals surface area contributed by atoms with Crippen LogP contribution in [0.3, 0.4) is 0 Å². The Bertz CT molecular complexity index is 456. The molecule has 0 aliphatic heterocycles. The number of hydrogen-bond donors (Lipinski definition) is 2. The monoisotopic (exact) mass is 344 g/mol. The van der Waals surface area contributed by atoms with Gasteiger partial charge in [-0.1, -0.05) is 43.0 Å². The molecule has 1 aliphatic rings. The third-order valence-electron chi connectivity index (χ3n) is 4.46. The second-order valence-electron chi connectivity index (χ2n) is 5.90. The Balaban J connectivity index is 0.00000242. The molecule has 1 aliphatic carbocycles. The fraction of sp³-hybridized carbons (Fsp3) is 0.588. The smallest absolute Gasteiger partial charge is 0.230 e. The Hall–Kier alpha value is -0.770. The zero-order chi connectivity index (χ0) is 15.1. The van der Waals surface area contributed by atoms with Gasteiger partial charge in [-0.15, -0.1) is 12.4 Å². The molecule has 3 nitrogen and oxygen atoms in total. The summed E-state index contributed by atoms with van der Waals surface area (Å²) in [5.74, 6) is 0.168. The SMILES string of the molecule is Cl.NCCCCNC(=O)C1(c2ccc(Cl)cc2)CCCCC1. The summed E-state index contributed by atoms with van der Waals surface area (Å²) in [6.07, 6.45) is 7.19. The molecule has 0 aromatic heterocycles. The molecule has 22 heavy (non-hydrogen) atoms. The highest BCUT2D eigenvalue weighted by Crippen LogP contribution is 2.40. The van der Waals surface area contributed by atoms with Crippen LogP contribution < -0.4 is 11.1 Å². The van der Waals surface area contributed by atoms with Gasteiger partial charge in [0.05, 0.1) is 5.41 Å². The van der Waals surface area contributed by atoms with Crippen molar-refractivity contribution in [1.29, 1.82) is 0 Å². The van der Waals surface area contributed by atoms with E-state index in [1.807, 2.05) is 24.3 Å². The molecule has 1 fully saturated rings. The Kier molecular flexibility index (Phi) is 8.23. The van der Waals surface area contributed by atoms with Crippen molar-refractivity contribution in [2.24, 2.45) is 5.73 Å². The summed E-state index contributed by atoms with van der Waals surface area (Å²) in [4.78, 5) is 12.8. The molecule has 5 heteroatoms. The van der Waals surface area contributed by atoms with Crippen LogP contribution >= 0.6 is 24.0 Å². The van der Waals surface area contributed by atoms with E-state index in [1.54, 1.807) is 0 Å². The first kappa shape index (κ1) is 19.3. The quantitative estimate of drug-likeness (QED) is 0.770. The van der Waals surface area contributed by atoms with Crippen molar-refractivity contribution in [3.63, 3.8) is 0 Å². The highest BCUT2D eigenvalue weighted by atomic mass is 35.5. The molecule has 1 saturated carbocycles. The van der Waals surface area contributed by atoms with Crippen LogP contribution in [0.5, 0.6) is 0 Å². The fourth-order valence-corrected chi connectivity index (χ4v) is 3.34. The van der Waals surface area contributed by atoms with E-state index in [1.165, 1.54) is 6.42 Å². The molecule has 0 saturated heterocycles. The summed E-state index contributed by atoms with van der Waals surface area (Å²) in [7, 11) is 0. The van der Waals surface area contributed by atoms with Crippen LogP contribution in [0.4, 0.5) is 0 Å². The van der Waals surface area contributed by atoms with Crippen LogP contribution in [0.2, 0.25) is 5.02 Å². The largest absolute Gasteiger partial charge is 0.355 e. The van der Waals surface area contributed by atoms with Crippen LogP contribution in [0.15, 0.2) is 24.3 Å². The average molecular weight is 345 g/mol. The maximum atomic E-state index is 12.8. The van der Waals surface area contributed by atoms with Gasteiger partial charge in [0.1, 0.15) is 0 Å². The summed E-state index contributed by atoms with van der Waals surface area (Å²) in [6.45, 7) is 1.39. The van der Waals surface area contributed by atoms with Gasteiger partial charge in [-0.05, 0) is 49.9 Å². The minimum Gasteiger partial charge on any atom is -0.355 e. The van der Waals surface area contributed by atoms with E-state index in [0.717, 1.165) is 44.1 Å². The van der Waals surface area contributed by atoms with Gasteiger partial charge in [0, 0.05) is 11.6 Å². The third-order valence-corrected chi connectivity index (χ3v) is 4.71. The first-order valence-electron chi connectivity index (χ1n) is 7.93. The van der Waals surface area contributed by atoms with E-state index in [2.05, 4.69) is 5.32 Å². The minimum absolute atomic E-state index is 0. The Labute approximate surface area is 144 Å². The fourth-order valence-electron chi connectivity index (χ4n) is 3.21. The van der Waals surface area contributed by atoms with Crippen molar-refractivity contribution in [1.82, 2.24) is 5.32 Å². The highest BCUT2D eigenvalue weighted by molar-refractivity contribution is 6.30. The average Bonchev–Trinajstić information content (AvgIpc) is 2.52. The van der Waals surface area contributed by atoms with Crippen molar-refractivity contribution in [2.75, 3.05) is 13.1 Å². The summed E-state index contributed by atoms with van der Waals surface area (Å²) in [6, 6.07) is 7.78. The van der Waals surface area contributed by atoms with E-state index in [-0.39, 0.29) is 23.7 Å². The molecule has 1 amide bonds. The lowest BCUT2D eigenvalue weighted by Gasteiger charge is -2.36. The number of carbonyl (C=O) groups excluding carboxylic acids is 1. The van der Waals surface area contributed by atoms with Gasteiger partial charge in [-0.3, -0.25) is 4.79 Å². The molecule has 0 atom stereocenters. The summed E-state index contributed by atoms with van der Waals surface area (Å²) in [5.41, 5.74) is 6.22. The van der Waals surface area contributed by atoms with Crippen LogP contribution in [0.1, 0.15) is 50.5 Å². The van der Waals surface area contributed by atoms with Crippen LogP contribution in [0, 0.1) is 0 Å². The van der Waals surface area contributed by atoms with Gasteiger partial charge in [0.2, 0.25) is 5.91 Å². The van der Waals surface area contributed by atoms with Gasteiger partial charge in [-0.25, -0.2) is 0 Å². The van der Waals surface area contributed by atoms with Crippen LogP contribution in [-0.2, 0) is 10.2 Å². The van der Waals surface area contributed by atoms with Crippen LogP contribution in [-0.4, -0.2) is 19.0 Å². The summed E-state index contributed by atoms with van der Waals surface area (Å²) >= 11 is 5.98. The van der Waals surface area contributed by atoms with Crippen molar-refractivity contribution in [3.8, 4) is 0 Å².